The number of aromatic nitrogens is 1. The van der Waals surface area contributed by atoms with E-state index in [1.165, 1.54) is 11.0 Å². The summed E-state index contributed by atoms with van der Waals surface area (Å²) >= 11 is 0. The second-order valence-corrected chi connectivity index (χ2v) is 6.58. The Morgan fingerprint density at radius 2 is 2.04 bits per heavy atom. The molecule has 10 heteroatoms. The lowest BCUT2D eigenvalue weighted by atomic mass is 9.93. The number of carbonyl (C=O) groups is 2. The Bertz CT molecular complexity index is 673. The average molecular weight is 387 g/mol. The summed E-state index contributed by atoms with van der Waals surface area (Å²) in [5, 5.41) is 2.89. The maximum Gasteiger partial charge on any atom is 0.417 e. The Balaban J connectivity index is 1.41. The van der Waals surface area contributed by atoms with Gasteiger partial charge in [0.05, 0.1) is 12.1 Å². The van der Waals surface area contributed by atoms with Gasteiger partial charge in [0.2, 0.25) is 11.8 Å². The van der Waals surface area contributed by atoms with E-state index < -0.39 is 17.8 Å². The Kier molecular flexibility index (Phi) is 5.71. The standard InChI is InChI=1S/C17H20F3N3O4/c18-17(19,20)11-1-6-15(21-9-11)27-13-4-2-12(3-5-13)22-14(24)10-23-7-8-26-16(23)25/h1,6,9,12-13H,2-5,7-8,10H2,(H,22,24). The highest BCUT2D eigenvalue weighted by Crippen LogP contribution is 2.30. The van der Waals surface area contributed by atoms with Crippen molar-refractivity contribution >= 4 is 12.0 Å². The lowest BCUT2D eigenvalue weighted by molar-refractivity contribution is -0.137. The first kappa shape index (κ1) is 19.2. The number of hydrogen-bond acceptors (Lipinski definition) is 5. The number of ether oxygens (including phenoxy) is 2. The molecule has 2 fully saturated rings. The summed E-state index contributed by atoms with van der Waals surface area (Å²) in [4.78, 5) is 28.4. The predicted octanol–water partition coefficient (Wildman–Crippen LogP) is 2.36. The molecule has 7 nitrogen and oxygen atoms in total. The number of rotatable bonds is 5. The van der Waals surface area contributed by atoms with Gasteiger partial charge >= 0.3 is 12.3 Å². The van der Waals surface area contributed by atoms with Crippen LogP contribution in [0.1, 0.15) is 31.2 Å². The van der Waals surface area contributed by atoms with Gasteiger partial charge in [-0.15, -0.1) is 0 Å². The van der Waals surface area contributed by atoms with Gasteiger partial charge in [0.25, 0.3) is 0 Å². The monoisotopic (exact) mass is 387 g/mol. The van der Waals surface area contributed by atoms with Gasteiger partial charge < -0.3 is 14.8 Å². The number of alkyl halides is 3. The summed E-state index contributed by atoms with van der Waals surface area (Å²) in [5.41, 5.74) is -0.817. The molecule has 27 heavy (non-hydrogen) atoms. The minimum atomic E-state index is -4.42. The van der Waals surface area contributed by atoms with E-state index in [0.717, 1.165) is 12.3 Å². The summed E-state index contributed by atoms with van der Waals surface area (Å²) in [6, 6.07) is 2.14. The van der Waals surface area contributed by atoms with E-state index in [4.69, 9.17) is 9.47 Å². The zero-order valence-electron chi connectivity index (χ0n) is 14.5. The summed E-state index contributed by atoms with van der Waals surface area (Å²) < 4.78 is 48.0. The van der Waals surface area contributed by atoms with Crippen LogP contribution in [0.2, 0.25) is 0 Å². The Labute approximate surface area is 153 Å². The van der Waals surface area contributed by atoms with Crippen LogP contribution in [0.3, 0.4) is 0 Å². The summed E-state index contributed by atoms with van der Waals surface area (Å²) in [6.45, 7) is 0.685. The van der Waals surface area contributed by atoms with E-state index in [1.54, 1.807) is 0 Å². The fourth-order valence-electron chi connectivity index (χ4n) is 3.13. The van der Waals surface area contributed by atoms with Crippen molar-refractivity contribution in [1.82, 2.24) is 15.2 Å². The third-order valence-corrected chi connectivity index (χ3v) is 4.57. The van der Waals surface area contributed by atoms with Gasteiger partial charge in [-0.05, 0) is 31.7 Å². The third-order valence-electron chi connectivity index (χ3n) is 4.57. The molecule has 1 N–H and O–H groups in total. The van der Waals surface area contributed by atoms with Crippen LogP contribution in [0.5, 0.6) is 5.88 Å². The Morgan fingerprint density at radius 1 is 1.30 bits per heavy atom. The molecule has 2 amide bonds. The van der Waals surface area contributed by atoms with Gasteiger partial charge in [-0.25, -0.2) is 9.78 Å². The average Bonchev–Trinajstić information content (AvgIpc) is 3.01. The molecule has 1 aromatic rings. The fraction of sp³-hybridized carbons (Fsp3) is 0.588. The largest absolute Gasteiger partial charge is 0.474 e. The van der Waals surface area contributed by atoms with Crippen LogP contribution >= 0.6 is 0 Å². The smallest absolute Gasteiger partial charge is 0.417 e. The number of pyridine rings is 1. The molecule has 1 aliphatic heterocycles. The molecule has 0 atom stereocenters. The Hall–Kier alpha value is -2.52. The van der Waals surface area contributed by atoms with Crippen LogP contribution in [0.4, 0.5) is 18.0 Å². The van der Waals surface area contributed by atoms with Crippen LogP contribution in [0.25, 0.3) is 0 Å². The number of hydrogen-bond donors (Lipinski definition) is 1. The van der Waals surface area contributed by atoms with Gasteiger partial charge in [0.15, 0.2) is 0 Å². The van der Waals surface area contributed by atoms with Crippen LogP contribution in [-0.4, -0.2) is 53.7 Å². The first-order valence-corrected chi connectivity index (χ1v) is 8.72. The van der Waals surface area contributed by atoms with Crippen LogP contribution < -0.4 is 10.1 Å². The molecule has 1 saturated heterocycles. The minimum absolute atomic E-state index is 0.0171. The second-order valence-electron chi connectivity index (χ2n) is 6.58. The minimum Gasteiger partial charge on any atom is -0.474 e. The molecule has 3 rings (SSSR count). The van der Waals surface area contributed by atoms with E-state index in [2.05, 4.69) is 10.3 Å². The molecule has 2 heterocycles. The zero-order chi connectivity index (χ0) is 19.4. The van der Waals surface area contributed by atoms with Gasteiger partial charge in [0.1, 0.15) is 19.3 Å². The normalized spacial score (nSPS) is 23.1. The third kappa shape index (κ3) is 5.24. The molecule has 1 aromatic heterocycles. The lowest BCUT2D eigenvalue weighted by Gasteiger charge is -2.29. The molecule has 0 spiro atoms. The van der Waals surface area contributed by atoms with E-state index >= 15 is 0 Å². The molecular weight excluding hydrogens is 367 g/mol. The molecular formula is C17H20F3N3O4. The number of nitrogens with one attached hydrogen (secondary N) is 1. The maximum atomic E-state index is 12.5. The van der Waals surface area contributed by atoms with Gasteiger partial charge in [-0.2, -0.15) is 13.2 Å². The molecule has 1 aliphatic carbocycles. The number of cyclic esters (lactones) is 1. The van der Waals surface area contributed by atoms with Crippen molar-refractivity contribution in [1.29, 1.82) is 0 Å². The quantitative estimate of drug-likeness (QED) is 0.839. The maximum absolute atomic E-state index is 12.5. The molecule has 0 bridgehead atoms. The first-order valence-electron chi connectivity index (χ1n) is 8.72. The highest BCUT2D eigenvalue weighted by molar-refractivity contribution is 5.82. The predicted molar refractivity (Wildman–Crippen MR) is 87.0 cm³/mol. The van der Waals surface area contributed by atoms with Crippen LogP contribution in [0, 0.1) is 0 Å². The molecule has 0 unspecified atom stereocenters. The second kappa shape index (κ2) is 8.01. The fourth-order valence-corrected chi connectivity index (χ4v) is 3.13. The van der Waals surface area contributed by atoms with E-state index in [-0.39, 0.29) is 30.5 Å². The van der Waals surface area contributed by atoms with Crippen molar-refractivity contribution in [2.24, 2.45) is 0 Å². The first-order chi connectivity index (χ1) is 12.8. The van der Waals surface area contributed by atoms with E-state index in [0.29, 0.717) is 38.8 Å². The van der Waals surface area contributed by atoms with Gasteiger partial charge in [-0.1, -0.05) is 0 Å². The topological polar surface area (TPSA) is 80.8 Å². The lowest BCUT2D eigenvalue weighted by Crippen LogP contribution is -2.44. The number of carbonyl (C=O) groups excluding carboxylic acids is 2. The van der Waals surface area contributed by atoms with Crippen molar-refractivity contribution in [3.63, 3.8) is 0 Å². The number of amides is 2. The van der Waals surface area contributed by atoms with Gasteiger partial charge in [0, 0.05) is 18.3 Å². The van der Waals surface area contributed by atoms with E-state index in [9.17, 15) is 22.8 Å². The molecule has 0 aromatic carbocycles. The molecule has 148 valence electrons. The molecule has 1 saturated carbocycles. The van der Waals surface area contributed by atoms with Crippen LogP contribution in [0.15, 0.2) is 18.3 Å². The van der Waals surface area contributed by atoms with Crippen molar-refractivity contribution < 1.29 is 32.2 Å². The summed E-state index contributed by atoms with van der Waals surface area (Å²) in [5.74, 6) is -0.0781. The van der Waals surface area contributed by atoms with Crippen molar-refractivity contribution in [2.45, 2.75) is 44.0 Å². The van der Waals surface area contributed by atoms with Crippen molar-refractivity contribution in [3.05, 3.63) is 23.9 Å². The highest BCUT2D eigenvalue weighted by Gasteiger charge is 2.31. The summed E-state index contributed by atoms with van der Waals surface area (Å²) in [7, 11) is 0. The number of nitrogens with zero attached hydrogens (tertiary/aromatic N) is 2. The van der Waals surface area contributed by atoms with Crippen molar-refractivity contribution in [3.8, 4) is 5.88 Å². The highest BCUT2D eigenvalue weighted by atomic mass is 19.4. The zero-order valence-corrected chi connectivity index (χ0v) is 14.5. The SMILES string of the molecule is O=C(CN1CCOC1=O)NC1CCC(Oc2ccc(C(F)(F)F)cn2)CC1. The van der Waals surface area contributed by atoms with E-state index in [1.807, 2.05) is 0 Å². The Morgan fingerprint density at radius 3 is 2.59 bits per heavy atom. The summed E-state index contributed by atoms with van der Waals surface area (Å²) in [6.07, 6.45) is -1.64. The van der Waals surface area contributed by atoms with Crippen LogP contribution in [-0.2, 0) is 15.7 Å². The molecule has 2 aliphatic rings. The number of halogens is 3. The molecule has 0 radical (unpaired) electrons. The van der Waals surface area contributed by atoms with Crippen molar-refractivity contribution in [2.75, 3.05) is 19.7 Å². The van der Waals surface area contributed by atoms with Gasteiger partial charge in [-0.3, -0.25) is 9.69 Å².